The molecule has 4 rings (SSSR count). The van der Waals surface area contributed by atoms with Crippen molar-refractivity contribution in [3.05, 3.63) is 48.3 Å². The molecule has 25 heavy (non-hydrogen) atoms. The van der Waals surface area contributed by atoms with E-state index >= 15 is 0 Å². The molecule has 2 aromatic rings. The Morgan fingerprint density at radius 1 is 1.08 bits per heavy atom. The summed E-state index contributed by atoms with van der Waals surface area (Å²) in [6.07, 6.45) is 3.53. The highest BCUT2D eigenvalue weighted by molar-refractivity contribution is 6.02. The van der Waals surface area contributed by atoms with Gasteiger partial charge < -0.3 is 9.64 Å². The molecule has 3 heterocycles. The van der Waals surface area contributed by atoms with E-state index in [2.05, 4.69) is 21.8 Å². The fourth-order valence-electron chi connectivity index (χ4n) is 3.54. The topological polar surface area (TPSA) is 45.7 Å². The van der Waals surface area contributed by atoms with Crippen LogP contribution in [0.15, 0.2) is 42.7 Å². The molecule has 5 heteroatoms. The summed E-state index contributed by atoms with van der Waals surface area (Å²) in [5.41, 5.74) is 2.80. The third kappa shape index (κ3) is 3.43. The maximum absolute atomic E-state index is 13.0. The van der Waals surface area contributed by atoms with Crippen molar-refractivity contribution in [3.8, 4) is 16.9 Å². The fourth-order valence-corrected chi connectivity index (χ4v) is 3.54. The lowest BCUT2D eigenvalue weighted by Gasteiger charge is -2.35. The Morgan fingerprint density at radius 3 is 2.60 bits per heavy atom. The van der Waals surface area contributed by atoms with Crippen LogP contribution in [0.25, 0.3) is 11.1 Å². The first-order valence-electron chi connectivity index (χ1n) is 8.83. The molecule has 1 fully saturated rings. The zero-order valence-corrected chi connectivity index (χ0v) is 14.5. The van der Waals surface area contributed by atoms with Gasteiger partial charge in [-0.05, 0) is 42.4 Å². The Labute approximate surface area is 148 Å². The molecular weight excluding hydrogens is 314 g/mol. The number of aromatic nitrogens is 1. The van der Waals surface area contributed by atoms with E-state index in [4.69, 9.17) is 4.74 Å². The van der Waals surface area contributed by atoms with Gasteiger partial charge in [-0.3, -0.25) is 14.7 Å². The van der Waals surface area contributed by atoms with Gasteiger partial charge in [0.05, 0.1) is 18.1 Å². The van der Waals surface area contributed by atoms with Crippen molar-refractivity contribution in [1.82, 2.24) is 14.8 Å². The standard InChI is InChI=1S/C20H23N3O2/c1-22-8-10-23(11-9-22)13-17-14-25-19-3-2-16(12-18(19)20(17)24)15-4-6-21-7-5-15/h2-7,12,17H,8-11,13-14H2,1H3. The van der Waals surface area contributed by atoms with Crippen LogP contribution in [0.1, 0.15) is 10.4 Å². The zero-order valence-electron chi connectivity index (χ0n) is 14.5. The number of piperazine rings is 1. The molecule has 1 aromatic carbocycles. The molecule has 130 valence electrons. The Balaban J connectivity index is 1.53. The number of ketones is 1. The van der Waals surface area contributed by atoms with E-state index in [1.165, 1.54) is 0 Å². The molecule has 1 atom stereocenters. The summed E-state index contributed by atoms with van der Waals surface area (Å²) in [5.74, 6) is 0.831. The summed E-state index contributed by atoms with van der Waals surface area (Å²) in [4.78, 5) is 21.8. The van der Waals surface area contributed by atoms with E-state index in [-0.39, 0.29) is 11.7 Å². The third-order valence-corrected chi connectivity index (χ3v) is 5.14. The van der Waals surface area contributed by atoms with E-state index in [1.54, 1.807) is 12.4 Å². The van der Waals surface area contributed by atoms with E-state index < -0.39 is 0 Å². The highest BCUT2D eigenvalue weighted by Crippen LogP contribution is 2.32. The number of carbonyl (C=O) groups excluding carboxylic acids is 1. The summed E-state index contributed by atoms with van der Waals surface area (Å²) in [6, 6.07) is 9.79. The smallest absolute Gasteiger partial charge is 0.174 e. The maximum Gasteiger partial charge on any atom is 0.174 e. The average Bonchev–Trinajstić information content (AvgIpc) is 2.66. The van der Waals surface area contributed by atoms with Crippen molar-refractivity contribution in [2.75, 3.05) is 46.4 Å². The molecular formula is C20H23N3O2. The zero-order chi connectivity index (χ0) is 17.2. The minimum atomic E-state index is -0.0800. The van der Waals surface area contributed by atoms with Crippen LogP contribution in [-0.2, 0) is 0 Å². The van der Waals surface area contributed by atoms with Crippen molar-refractivity contribution in [1.29, 1.82) is 0 Å². The van der Waals surface area contributed by atoms with Gasteiger partial charge in [0.25, 0.3) is 0 Å². The molecule has 5 nitrogen and oxygen atoms in total. The lowest BCUT2D eigenvalue weighted by molar-refractivity contribution is 0.0712. The normalized spacial score (nSPS) is 21.6. The Kier molecular flexibility index (Phi) is 4.51. The molecule has 1 aromatic heterocycles. The van der Waals surface area contributed by atoms with Crippen LogP contribution in [0.2, 0.25) is 0 Å². The van der Waals surface area contributed by atoms with Crippen LogP contribution in [0.5, 0.6) is 5.75 Å². The summed E-state index contributed by atoms with van der Waals surface area (Å²) in [7, 11) is 2.14. The number of fused-ring (bicyclic) bond motifs is 1. The van der Waals surface area contributed by atoms with Gasteiger partial charge in [-0.15, -0.1) is 0 Å². The molecule has 0 aliphatic carbocycles. The number of rotatable bonds is 3. The predicted molar refractivity (Wildman–Crippen MR) is 96.9 cm³/mol. The largest absolute Gasteiger partial charge is 0.492 e. The molecule has 0 bridgehead atoms. The first-order valence-corrected chi connectivity index (χ1v) is 8.83. The van der Waals surface area contributed by atoms with Gasteiger partial charge in [-0.1, -0.05) is 6.07 Å². The summed E-state index contributed by atoms with van der Waals surface area (Å²) >= 11 is 0. The number of Topliss-reactive ketones (excluding diaryl/α,β-unsaturated/α-hetero) is 1. The summed E-state index contributed by atoms with van der Waals surface area (Å²) < 4.78 is 5.89. The number of likely N-dealkylation sites (N-methyl/N-ethyl adjacent to an activating group) is 1. The minimum Gasteiger partial charge on any atom is -0.492 e. The number of pyridine rings is 1. The third-order valence-electron chi connectivity index (χ3n) is 5.14. The Morgan fingerprint density at radius 2 is 1.84 bits per heavy atom. The monoisotopic (exact) mass is 337 g/mol. The second-order valence-electron chi connectivity index (χ2n) is 6.92. The van der Waals surface area contributed by atoms with Gasteiger partial charge in [-0.25, -0.2) is 0 Å². The van der Waals surface area contributed by atoms with E-state index in [0.717, 1.165) is 43.9 Å². The van der Waals surface area contributed by atoms with Gasteiger partial charge in [0.2, 0.25) is 0 Å². The first-order chi connectivity index (χ1) is 12.2. The molecule has 0 spiro atoms. The SMILES string of the molecule is CN1CCN(CC2COc3ccc(-c4ccncc4)cc3C2=O)CC1. The quantitative estimate of drug-likeness (QED) is 0.859. The summed E-state index contributed by atoms with van der Waals surface area (Å²) in [6.45, 7) is 5.42. The first kappa shape index (κ1) is 16.2. The van der Waals surface area contributed by atoms with Crippen molar-refractivity contribution in [3.63, 3.8) is 0 Å². The van der Waals surface area contributed by atoms with Crippen LogP contribution in [0.3, 0.4) is 0 Å². The Hall–Kier alpha value is -2.24. The molecule has 0 saturated carbocycles. The van der Waals surface area contributed by atoms with E-state index in [1.807, 2.05) is 30.3 Å². The molecule has 1 saturated heterocycles. The summed E-state index contributed by atoms with van der Waals surface area (Å²) in [5, 5.41) is 0. The van der Waals surface area contributed by atoms with Gasteiger partial charge in [0.1, 0.15) is 5.75 Å². The van der Waals surface area contributed by atoms with Crippen molar-refractivity contribution < 1.29 is 9.53 Å². The van der Waals surface area contributed by atoms with Crippen LogP contribution >= 0.6 is 0 Å². The van der Waals surface area contributed by atoms with Crippen LogP contribution in [-0.4, -0.2) is 66.9 Å². The molecule has 0 amide bonds. The fraction of sp³-hybridized carbons (Fsp3) is 0.400. The van der Waals surface area contributed by atoms with E-state index in [0.29, 0.717) is 17.9 Å². The van der Waals surface area contributed by atoms with Crippen LogP contribution in [0.4, 0.5) is 0 Å². The number of benzene rings is 1. The Bertz CT molecular complexity index is 755. The lowest BCUT2D eigenvalue weighted by atomic mass is 9.92. The highest BCUT2D eigenvalue weighted by Gasteiger charge is 2.31. The van der Waals surface area contributed by atoms with Gasteiger partial charge in [0.15, 0.2) is 5.78 Å². The number of nitrogens with zero attached hydrogens (tertiary/aromatic N) is 3. The lowest BCUT2D eigenvalue weighted by Crippen LogP contribution is -2.48. The van der Waals surface area contributed by atoms with Gasteiger partial charge in [-0.2, -0.15) is 0 Å². The number of ether oxygens (including phenoxy) is 1. The maximum atomic E-state index is 13.0. The predicted octanol–water partition coefficient (Wildman–Crippen LogP) is 2.19. The second kappa shape index (κ2) is 6.94. The van der Waals surface area contributed by atoms with Crippen LogP contribution in [0, 0.1) is 5.92 Å². The van der Waals surface area contributed by atoms with Crippen molar-refractivity contribution in [2.24, 2.45) is 5.92 Å². The highest BCUT2D eigenvalue weighted by atomic mass is 16.5. The number of hydrogen-bond acceptors (Lipinski definition) is 5. The molecule has 2 aliphatic heterocycles. The minimum absolute atomic E-state index is 0.0800. The molecule has 2 aliphatic rings. The average molecular weight is 337 g/mol. The molecule has 0 radical (unpaired) electrons. The van der Waals surface area contributed by atoms with Crippen LogP contribution < -0.4 is 4.74 Å². The second-order valence-corrected chi connectivity index (χ2v) is 6.92. The van der Waals surface area contributed by atoms with Crippen molar-refractivity contribution >= 4 is 5.78 Å². The van der Waals surface area contributed by atoms with Crippen molar-refractivity contribution in [2.45, 2.75) is 0 Å². The molecule has 0 N–H and O–H groups in total. The number of carbonyl (C=O) groups is 1. The van der Waals surface area contributed by atoms with Gasteiger partial charge >= 0.3 is 0 Å². The van der Waals surface area contributed by atoms with Gasteiger partial charge in [0, 0.05) is 45.1 Å². The van der Waals surface area contributed by atoms with E-state index in [9.17, 15) is 4.79 Å². The number of hydrogen-bond donors (Lipinski definition) is 0. The molecule has 1 unspecified atom stereocenters.